The van der Waals surface area contributed by atoms with Crippen LogP contribution in [0.3, 0.4) is 0 Å². The first-order valence-corrected chi connectivity index (χ1v) is 12.1. The van der Waals surface area contributed by atoms with Gasteiger partial charge >= 0.3 is 0 Å². The number of benzene rings is 2. The van der Waals surface area contributed by atoms with Gasteiger partial charge in [-0.05, 0) is 48.9 Å². The van der Waals surface area contributed by atoms with Crippen molar-refractivity contribution in [3.8, 4) is 11.5 Å². The predicted molar refractivity (Wildman–Crippen MR) is 137 cm³/mol. The van der Waals surface area contributed by atoms with Crippen LogP contribution in [0, 0.1) is 0 Å². The Hall–Kier alpha value is -4.13. The molecule has 3 aromatic rings. The van der Waals surface area contributed by atoms with Crippen molar-refractivity contribution in [2.75, 3.05) is 13.7 Å². The molecule has 0 radical (unpaired) electrons. The molecule has 1 N–H and O–H groups in total. The second-order valence-corrected chi connectivity index (χ2v) is 8.57. The SMILES string of the molecule is CCCCCOc1ccc(/C(O)=C2/C(=O)C(=O)N(Cc3ccccn3)C2c2ccccc2OC)cc1. The number of rotatable bonds is 10. The molecule has 1 aromatic heterocycles. The van der Waals surface area contributed by atoms with E-state index < -0.39 is 17.7 Å². The van der Waals surface area contributed by atoms with E-state index in [0.717, 1.165) is 19.3 Å². The first kappa shape index (κ1) is 25.0. The first-order valence-electron chi connectivity index (χ1n) is 12.1. The van der Waals surface area contributed by atoms with Gasteiger partial charge in [-0.25, -0.2) is 0 Å². The highest BCUT2D eigenvalue weighted by atomic mass is 16.5. The van der Waals surface area contributed by atoms with Crippen molar-refractivity contribution in [3.05, 3.63) is 95.3 Å². The number of aromatic nitrogens is 1. The van der Waals surface area contributed by atoms with Crippen LogP contribution in [-0.2, 0) is 16.1 Å². The lowest BCUT2D eigenvalue weighted by Crippen LogP contribution is -2.29. The second-order valence-electron chi connectivity index (χ2n) is 8.57. The third-order valence-electron chi connectivity index (χ3n) is 6.18. The average Bonchev–Trinajstić information content (AvgIpc) is 3.16. The molecule has 0 aliphatic carbocycles. The summed E-state index contributed by atoms with van der Waals surface area (Å²) in [5.74, 6) is -0.504. The number of likely N-dealkylation sites (tertiary alicyclic amines) is 1. The number of unbranched alkanes of at least 4 members (excludes halogenated alkanes) is 2. The van der Waals surface area contributed by atoms with Crippen LogP contribution in [0.1, 0.15) is 49.0 Å². The number of carbonyl (C=O) groups is 2. The summed E-state index contributed by atoms with van der Waals surface area (Å²) in [5.41, 5.74) is 1.67. The van der Waals surface area contributed by atoms with Crippen LogP contribution in [0.5, 0.6) is 11.5 Å². The van der Waals surface area contributed by atoms with Crippen LogP contribution in [0.4, 0.5) is 0 Å². The summed E-state index contributed by atoms with van der Waals surface area (Å²) in [4.78, 5) is 32.2. The van der Waals surface area contributed by atoms with Gasteiger partial charge in [0.15, 0.2) is 0 Å². The Balaban J connectivity index is 1.73. The minimum Gasteiger partial charge on any atom is -0.507 e. The number of hydrogen-bond donors (Lipinski definition) is 1. The van der Waals surface area contributed by atoms with Crippen LogP contribution in [0.25, 0.3) is 5.76 Å². The number of aliphatic hydroxyl groups excluding tert-OH is 1. The van der Waals surface area contributed by atoms with Gasteiger partial charge in [0.05, 0.1) is 37.6 Å². The third kappa shape index (κ3) is 5.25. The summed E-state index contributed by atoms with van der Waals surface area (Å²) in [6.07, 6.45) is 4.81. The Bertz CT molecular complexity index is 1240. The lowest BCUT2D eigenvalue weighted by Gasteiger charge is -2.26. The van der Waals surface area contributed by atoms with E-state index in [1.807, 2.05) is 18.2 Å². The molecule has 186 valence electrons. The van der Waals surface area contributed by atoms with Gasteiger partial charge in [-0.15, -0.1) is 0 Å². The van der Waals surface area contributed by atoms with E-state index in [2.05, 4.69) is 11.9 Å². The second kappa shape index (κ2) is 11.5. The number of ketones is 1. The van der Waals surface area contributed by atoms with Crippen molar-refractivity contribution < 1.29 is 24.2 Å². The lowest BCUT2D eigenvalue weighted by molar-refractivity contribution is -0.140. The number of hydrogen-bond acceptors (Lipinski definition) is 6. The normalized spacial score (nSPS) is 16.8. The van der Waals surface area contributed by atoms with Crippen LogP contribution < -0.4 is 9.47 Å². The average molecular weight is 487 g/mol. The van der Waals surface area contributed by atoms with E-state index in [1.165, 1.54) is 12.0 Å². The van der Waals surface area contributed by atoms with E-state index in [1.54, 1.807) is 54.7 Å². The Kier molecular flexibility index (Phi) is 8.00. The van der Waals surface area contributed by atoms with Gasteiger partial charge in [0.25, 0.3) is 11.7 Å². The van der Waals surface area contributed by atoms with Crippen molar-refractivity contribution in [1.82, 2.24) is 9.88 Å². The fraction of sp³-hybridized carbons (Fsp3) is 0.276. The lowest BCUT2D eigenvalue weighted by atomic mass is 9.94. The molecule has 1 atom stereocenters. The standard InChI is InChI=1S/C29H30N2O5/c1-3-4-9-18-36-22-15-13-20(14-16-22)27(32)25-26(23-11-5-6-12-24(23)35-2)31(29(34)28(25)33)19-21-10-7-8-17-30-21/h5-8,10-17,26,32H,3-4,9,18-19H2,1-2H3/b27-25-. The highest BCUT2D eigenvalue weighted by Crippen LogP contribution is 2.43. The van der Waals surface area contributed by atoms with Crippen molar-refractivity contribution in [3.63, 3.8) is 0 Å². The van der Waals surface area contributed by atoms with Crippen LogP contribution in [0.2, 0.25) is 0 Å². The Morgan fingerprint density at radius 2 is 1.75 bits per heavy atom. The minimum absolute atomic E-state index is 0.0112. The molecular weight excluding hydrogens is 456 g/mol. The monoisotopic (exact) mass is 486 g/mol. The van der Waals surface area contributed by atoms with E-state index >= 15 is 0 Å². The maximum atomic E-state index is 13.3. The number of carbonyl (C=O) groups excluding carboxylic acids is 2. The summed E-state index contributed by atoms with van der Waals surface area (Å²) in [6, 6.07) is 18.6. The number of aliphatic hydroxyl groups is 1. The van der Waals surface area contributed by atoms with Gasteiger partial charge in [0.1, 0.15) is 17.3 Å². The molecule has 4 rings (SSSR count). The number of methoxy groups -OCH3 is 1. The van der Waals surface area contributed by atoms with E-state index in [-0.39, 0.29) is 17.9 Å². The number of nitrogens with zero attached hydrogens (tertiary/aromatic N) is 2. The Labute approximate surface area is 211 Å². The quantitative estimate of drug-likeness (QED) is 0.182. The largest absolute Gasteiger partial charge is 0.507 e. The zero-order chi connectivity index (χ0) is 25.5. The molecule has 2 heterocycles. The van der Waals surface area contributed by atoms with Crippen molar-refractivity contribution >= 4 is 17.4 Å². The van der Waals surface area contributed by atoms with Crippen molar-refractivity contribution in [2.45, 2.75) is 38.8 Å². The molecule has 1 amide bonds. The van der Waals surface area contributed by atoms with E-state index in [0.29, 0.717) is 34.9 Å². The van der Waals surface area contributed by atoms with Gasteiger partial charge in [-0.2, -0.15) is 0 Å². The highest BCUT2D eigenvalue weighted by Gasteiger charge is 2.47. The molecule has 7 nitrogen and oxygen atoms in total. The van der Waals surface area contributed by atoms with Gasteiger partial charge in [-0.1, -0.05) is 44.0 Å². The fourth-order valence-electron chi connectivity index (χ4n) is 4.33. The molecule has 2 aromatic carbocycles. The summed E-state index contributed by atoms with van der Waals surface area (Å²) >= 11 is 0. The number of amides is 1. The summed E-state index contributed by atoms with van der Waals surface area (Å²) in [5, 5.41) is 11.3. The van der Waals surface area contributed by atoms with E-state index in [9.17, 15) is 14.7 Å². The zero-order valence-electron chi connectivity index (χ0n) is 20.5. The van der Waals surface area contributed by atoms with Gasteiger partial charge in [0.2, 0.25) is 0 Å². The molecule has 1 aliphatic rings. The van der Waals surface area contributed by atoms with Gasteiger partial charge in [0, 0.05) is 17.3 Å². The summed E-state index contributed by atoms with van der Waals surface area (Å²) < 4.78 is 11.3. The molecule has 0 saturated carbocycles. The number of ether oxygens (including phenoxy) is 2. The molecular formula is C29H30N2O5. The molecule has 36 heavy (non-hydrogen) atoms. The third-order valence-corrected chi connectivity index (χ3v) is 6.18. The number of para-hydroxylation sites is 1. The minimum atomic E-state index is -0.840. The zero-order valence-corrected chi connectivity index (χ0v) is 20.5. The molecule has 1 unspecified atom stereocenters. The Morgan fingerprint density at radius 3 is 2.44 bits per heavy atom. The maximum absolute atomic E-state index is 13.3. The molecule has 1 saturated heterocycles. The van der Waals surface area contributed by atoms with Crippen LogP contribution >= 0.6 is 0 Å². The molecule has 1 aliphatic heterocycles. The number of Topliss-reactive ketones (excluding diaryl/α,β-unsaturated/α-hetero) is 1. The topological polar surface area (TPSA) is 89.0 Å². The highest BCUT2D eigenvalue weighted by molar-refractivity contribution is 6.46. The molecule has 1 fully saturated rings. The molecule has 7 heteroatoms. The van der Waals surface area contributed by atoms with Crippen LogP contribution in [0.15, 0.2) is 78.5 Å². The van der Waals surface area contributed by atoms with Gasteiger partial charge in [-0.3, -0.25) is 14.6 Å². The first-order chi connectivity index (χ1) is 17.5. The molecule has 0 spiro atoms. The maximum Gasteiger partial charge on any atom is 0.296 e. The van der Waals surface area contributed by atoms with Gasteiger partial charge < -0.3 is 19.5 Å². The Morgan fingerprint density at radius 1 is 1.00 bits per heavy atom. The van der Waals surface area contributed by atoms with Crippen molar-refractivity contribution in [2.24, 2.45) is 0 Å². The van der Waals surface area contributed by atoms with Crippen LogP contribution in [-0.4, -0.2) is 40.4 Å². The smallest absolute Gasteiger partial charge is 0.296 e. The van der Waals surface area contributed by atoms with Crippen molar-refractivity contribution in [1.29, 1.82) is 0 Å². The summed E-state index contributed by atoms with van der Waals surface area (Å²) in [7, 11) is 1.53. The van der Waals surface area contributed by atoms with E-state index in [4.69, 9.17) is 9.47 Å². The predicted octanol–water partition coefficient (Wildman–Crippen LogP) is 5.28. The number of pyridine rings is 1. The summed E-state index contributed by atoms with van der Waals surface area (Å²) in [6.45, 7) is 2.86. The fourth-order valence-corrected chi connectivity index (χ4v) is 4.33. The molecule has 0 bridgehead atoms.